The Labute approximate surface area is 193 Å². The van der Waals surface area contributed by atoms with Crippen LogP contribution in [0.2, 0.25) is 0 Å². The van der Waals surface area contributed by atoms with Crippen LogP contribution in [0, 0.1) is 0 Å². The fourth-order valence-corrected chi connectivity index (χ4v) is 3.40. The third kappa shape index (κ3) is 7.10. The molecule has 2 amide bonds. The Morgan fingerprint density at radius 2 is 1.59 bits per heavy atom. The number of nitrogens with zero attached hydrogens (tertiary/aromatic N) is 2. The minimum atomic E-state index is -1.40. The number of amides is 2. The molecule has 1 aliphatic heterocycles. The third-order valence-corrected chi connectivity index (χ3v) is 4.51. The maximum Gasteiger partial charge on any atom is 0.351 e. The molecule has 0 bridgehead atoms. The van der Waals surface area contributed by atoms with E-state index >= 15 is 0 Å². The predicted octanol–water partition coefficient (Wildman–Crippen LogP) is -0.970. The summed E-state index contributed by atoms with van der Waals surface area (Å²) in [5.41, 5.74) is -0.890. The molecule has 1 fully saturated rings. The van der Waals surface area contributed by atoms with Gasteiger partial charge in [-0.25, -0.2) is 4.79 Å². The van der Waals surface area contributed by atoms with Gasteiger partial charge in [-0.1, -0.05) is 0 Å². The van der Waals surface area contributed by atoms with Gasteiger partial charge in [0.15, 0.2) is 18.4 Å². The van der Waals surface area contributed by atoms with E-state index in [1.807, 2.05) is 0 Å². The number of carbonyl (C=O) groups is 5. The highest BCUT2D eigenvalue weighted by Gasteiger charge is 2.51. The number of esters is 3. The molecule has 34 heavy (non-hydrogen) atoms. The van der Waals surface area contributed by atoms with Gasteiger partial charge in [0.05, 0.1) is 6.04 Å². The maximum absolute atomic E-state index is 12.7. The van der Waals surface area contributed by atoms with Crippen molar-refractivity contribution < 1.29 is 42.9 Å². The fourth-order valence-electron chi connectivity index (χ4n) is 3.40. The minimum Gasteiger partial charge on any atom is -0.463 e. The van der Waals surface area contributed by atoms with E-state index < -0.39 is 66.0 Å². The predicted molar refractivity (Wildman–Crippen MR) is 112 cm³/mol. The van der Waals surface area contributed by atoms with Gasteiger partial charge in [0.1, 0.15) is 18.5 Å². The van der Waals surface area contributed by atoms with Crippen LogP contribution in [0.1, 0.15) is 40.8 Å². The second-order valence-corrected chi connectivity index (χ2v) is 7.43. The van der Waals surface area contributed by atoms with Gasteiger partial charge in [-0.15, -0.1) is 0 Å². The zero-order chi connectivity index (χ0) is 25.6. The van der Waals surface area contributed by atoms with Gasteiger partial charge >= 0.3 is 23.6 Å². The molecule has 1 saturated heterocycles. The number of carbonyl (C=O) groups excluding carboxylic acids is 5. The molecule has 5 atom stereocenters. The minimum absolute atomic E-state index is 0.0299. The molecule has 14 nitrogen and oxygen atoms in total. The molecular formula is C20H26N4O10. The van der Waals surface area contributed by atoms with Crippen molar-refractivity contribution in [2.45, 2.75) is 65.2 Å². The van der Waals surface area contributed by atoms with Gasteiger partial charge in [0, 0.05) is 40.8 Å². The first kappa shape index (κ1) is 26.4. The summed E-state index contributed by atoms with van der Waals surface area (Å²) in [4.78, 5) is 74.8. The molecule has 0 unspecified atom stereocenters. The van der Waals surface area contributed by atoms with Gasteiger partial charge < -0.3 is 29.6 Å². The normalized spacial score (nSPS) is 23.9. The van der Waals surface area contributed by atoms with Crippen LogP contribution in [0.25, 0.3) is 0 Å². The van der Waals surface area contributed by atoms with Crippen LogP contribution in [-0.2, 0) is 42.9 Å². The Balaban J connectivity index is 2.59. The standard InChI is InChI=1S/C20H26N4O10/c1-9(25)21-15-6-7-24(20(30)23-15)19-18(33-13(5)29)17(32-12(4)28)16(22-10(2)26)14(34-19)8-31-11(3)27/h6-7,14,16-19H,8H2,1-5H3,(H,22,26)(H,21,23,25,30)/t14-,16-,17+,18-,19-/m1/s1. The number of ether oxygens (including phenoxy) is 4. The lowest BCUT2D eigenvalue weighted by Gasteiger charge is -2.45. The van der Waals surface area contributed by atoms with Crippen LogP contribution in [0.15, 0.2) is 17.1 Å². The molecular weight excluding hydrogens is 456 g/mol. The lowest BCUT2D eigenvalue weighted by atomic mass is 9.94. The van der Waals surface area contributed by atoms with E-state index in [1.54, 1.807) is 0 Å². The van der Waals surface area contributed by atoms with E-state index in [9.17, 15) is 28.8 Å². The summed E-state index contributed by atoms with van der Waals surface area (Å²) in [6, 6.07) is 0.197. The van der Waals surface area contributed by atoms with Crippen molar-refractivity contribution in [2.24, 2.45) is 0 Å². The average molecular weight is 482 g/mol. The van der Waals surface area contributed by atoms with Gasteiger partial charge in [0.25, 0.3) is 0 Å². The highest BCUT2D eigenvalue weighted by molar-refractivity contribution is 5.87. The summed E-state index contributed by atoms with van der Waals surface area (Å²) in [7, 11) is 0. The zero-order valence-electron chi connectivity index (χ0n) is 19.2. The first-order valence-corrected chi connectivity index (χ1v) is 10.2. The van der Waals surface area contributed by atoms with Crippen LogP contribution in [0.5, 0.6) is 0 Å². The summed E-state index contributed by atoms with van der Waals surface area (Å²) in [6.45, 7) is 5.43. The largest absolute Gasteiger partial charge is 0.463 e. The molecule has 0 aromatic carbocycles. The lowest BCUT2D eigenvalue weighted by molar-refractivity contribution is -0.240. The third-order valence-electron chi connectivity index (χ3n) is 4.51. The summed E-state index contributed by atoms with van der Waals surface area (Å²) in [5.74, 6) is -3.21. The molecule has 2 rings (SSSR count). The van der Waals surface area contributed by atoms with Crippen molar-refractivity contribution in [3.8, 4) is 0 Å². The monoisotopic (exact) mass is 482 g/mol. The van der Waals surface area contributed by atoms with Crippen molar-refractivity contribution in [1.82, 2.24) is 14.9 Å². The Morgan fingerprint density at radius 1 is 0.971 bits per heavy atom. The molecule has 0 saturated carbocycles. The van der Waals surface area contributed by atoms with E-state index in [1.165, 1.54) is 26.1 Å². The van der Waals surface area contributed by atoms with E-state index in [0.29, 0.717) is 0 Å². The van der Waals surface area contributed by atoms with Crippen molar-refractivity contribution >= 4 is 35.5 Å². The van der Waals surface area contributed by atoms with Crippen molar-refractivity contribution in [2.75, 3.05) is 11.9 Å². The van der Waals surface area contributed by atoms with Crippen LogP contribution in [0.3, 0.4) is 0 Å². The Hall–Kier alpha value is -3.81. The second kappa shape index (κ2) is 11.4. The fraction of sp³-hybridized carbons (Fsp3) is 0.550. The molecule has 1 aromatic heterocycles. The van der Waals surface area contributed by atoms with Crippen molar-refractivity contribution in [1.29, 1.82) is 0 Å². The van der Waals surface area contributed by atoms with Gasteiger partial charge in [0.2, 0.25) is 11.8 Å². The van der Waals surface area contributed by atoms with Crippen LogP contribution >= 0.6 is 0 Å². The van der Waals surface area contributed by atoms with E-state index in [-0.39, 0.29) is 12.4 Å². The number of rotatable bonds is 7. The quantitative estimate of drug-likeness (QED) is 0.360. The average Bonchev–Trinajstić information content (AvgIpc) is 2.68. The van der Waals surface area contributed by atoms with Gasteiger partial charge in [-0.3, -0.25) is 28.5 Å². The topological polar surface area (TPSA) is 181 Å². The van der Waals surface area contributed by atoms with Crippen molar-refractivity contribution in [3.63, 3.8) is 0 Å². The summed E-state index contributed by atoms with van der Waals surface area (Å²) >= 11 is 0. The maximum atomic E-state index is 12.7. The first-order chi connectivity index (χ1) is 15.9. The van der Waals surface area contributed by atoms with E-state index in [0.717, 1.165) is 25.3 Å². The van der Waals surface area contributed by atoms with Crippen LogP contribution < -0.4 is 16.3 Å². The molecule has 1 aromatic rings. The summed E-state index contributed by atoms with van der Waals surface area (Å²) in [6.07, 6.45) is -4.01. The Bertz CT molecular complexity index is 1020. The molecule has 1 aliphatic rings. The number of anilines is 1. The van der Waals surface area contributed by atoms with Crippen LogP contribution in [0.4, 0.5) is 5.82 Å². The molecule has 2 N–H and O–H groups in total. The van der Waals surface area contributed by atoms with Gasteiger partial charge in [-0.2, -0.15) is 4.98 Å². The molecule has 2 heterocycles. The number of hydrogen-bond acceptors (Lipinski definition) is 11. The smallest absolute Gasteiger partial charge is 0.351 e. The number of aromatic nitrogens is 2. The Morgan fingerprint density at radius 3 is 2.09 bits per heavy atom. The second-order valence-electron chi connectivity index (χ2n) is 7.43. The van der Waals surface area contributed by atoms with E-state index in [2.05, 4.69) is 15.6 Å². The van der Waals surface area contributed by atoms with Gasteiger partial charge in [-0.05, 0) is 6.07 Å². The number of hydrogen-bond donors (Lipinski definition) is 2. The highest BCUT2D eigenvalue weighted by Crippen LogP contribution is 2.32. The van der Waals surface area contributed by atoms with Crippen molar-refractivity contribution in [3.05, 3.63) is 22.7 Å². The van der Waals surface area contributed by atoms with E-state index in [4.69, 9.17) is 18.9 Å². The summed E-state index contributed by atoms with van der Waals surface area (Å²) < 4.78 is 22.7. The molecule has 0 radical (unpaired) electrons. The zero-order valence-corrected chi connectivity index (χ0v) is 19.2. The van der Waals surface area contributed by atoms with Crippen LogP contribution in [-0.4, -0.2) is 70.2 Å². The lowest BCUT2D eigenvalue weighted by Crippen LogP contribution is -2.65. The summed E-state index contributed by atoms with van der Waals surface area (Å²) in [5, 5.41) is 4.92. The molecule has 186 valence electrons. The first-order valence-electron chi connectivity index (χ1n) is 10.2. The SMILES string of the molecule is CC(=O)Nc1ccn([C@@H]2O[C@H](COC(C)=O)[C@@H](NC(C)=O)[C@H](OC(C)=O)[C@H]2OC(C)=O)c(=O)n1. The molecule has 0 aliphatic carbocycles. The Kier molecular flexibility index (Phi) is 8.83. The molecule has 14 heteroatoms. The number of nitrogens with one attached hydrogen (secondary N) is 2. The highest BCUT2D eigenvalue weighted by atomic mass is 16.6. The molecule has 0 spiro atoms.